The monoisotopic (exact) mass is 440 g/mol. The zero-order valence-electron chi connectivity index (χ0n) is 15.6. The third kappa shape index (κ3) is 9.72. The molecule has 0 saturated carbocycles. The summed E-state index contributed by atoms with van der Waals surface area (Å²) < 4.78 is 5.77. The van der Waals surface area contributed by atoms with Gasteiger partial charge in [0.2, 0.25) is 0 Å². The molecular weight excluding hydrogens is 403 g/mol. The molecule has 1 aliphatic rings. The number of nitrogens with zero attached hydrogens (tertiary/aromatic N) is 2. The summed E-state index contributed by atoms with van der Waals surface area (Å²) >= 11 is 0. The maximum absolute atomic E-state index is 5.77. The number of aliphatic imine (C=N–C) groups is 1. The van der Waals surface area contributed by atoms with Gasteiger partial charge in [-0.25, -0.2) is 0 Å². The number of morpholine rings is 1. The van der Waals surface area contributed by atoms with Gasteiger partial charge in [-0.3, -0.25) is 9.89 Å². The van der Waals surface area contributed by atoms with E-state index < -0.39 is 0 Å². The first-order valence-electron chi connectivity index (χ1n) is 8.91. The van der Waals surface area contributed by atoms with E-state index in [2.05, 4.69) is 48.2 Å². The van der Waals surface area contributed by atoms with Gasteiger partial charge < -0.3 is 15.4 Å². The molecule has 1 heterocycles. The molecule has 1 fully saturated rings. The summed E-state index contributed by atoms with van der Waals surface area (Å²) in [7, 11) is 1.84. The lowest BCUT2D eigenvalue weighted by Gasteiger charge is -2.35. The first-order valence-corrected chi connectivity index (χ1v) is 8.91. The van der Waals surface area contributed by atoms with Crippen LogP contribution in [0.1, 0.15) is 47.0 Å². The van der Waals surface area contributed by atoms with Gasteiger partial charge in [-0.1, -0.05) is 26.7 Å². The minimum absolute atomic E-state index is 0. The lowest BCUT2D eigenvalue weighted by Crippen LogP contribution is -2.46. The second-order valence-corrected chi connectivity index (χ2v) is 6.43. The van der Waals surface area contributed by atoms with Crippen molar-refractivity contribution in [2.24, 2.45) is 10.9 Å². The van der Waals surface area contributed by atoms with Crippen molar-refractivity contribution < 1.29 is 4.74 Å². The fourth-order valence-corrected chi connectivity index (χ4v) is 3.02. The Morgan fingerprint density at radius 3 is 2.30 bits per heavy atom. The minimum Gasteiger partial charge on any atom is -0.373 e. The van der Waals surface area contributed by atoms with Crippen molar-refractivity contribution >= 4 is 29.9 Å². The summed E-state index contributed by atoms with van der Waals surface area (Å²) in [5.41, 5.74) is 0. The molecule has 2 N–H and O–H groups in total. The van der Waals surface area contributed by atoms with E-state index in [1.807, 2.05) is 7.05 Å². The Morgan fingerprint density at radius 1 is 1.17 bits per heavy atom. The Kier molecular flexibility index (Phi) is 13.2. The van der Waals surface area contributed by atoms with Gasteiger partial charge in [0, 0.05) is 39.8 Å². The maximum Gasteiger partial charge on any atom is 0.190 e. The molecular formula is C17H37IN4O. The molecule has 138 valence electrons. The molecule has 0 aromatic heterocycles. The summed E-state index contributed by atoms with van der Waals surface area (Å²) in [5.74, 6) is 1.66. The molecule has 2 unspecified atom stereocenters. The van der Waals surface area contributed by atoms with E-state index in [0.29, 0.717) is 12.2 Å². The Labute approximate surface area is 160 Å². The van der Waals surface area contributed by atoms with Crippen LogP contribution in [0.3, 0.4) is 0 Å². The van der Waals surface area contributed by atoms with Gasteiger partial charge in [-0.05, 0) is 26.2 Å². The second kappa shape index (κ2) is 13.2. The predicted octanol–water partition coefficient (Wildman–Crippen LogP) is 2.70. The number of nitrogens with one attached hydrogen (secondary N) is 2. The molecule has 0 radical (unpaired) electrons. The van der Waals surface area contributed by atoms with Crippen LogP contribution in [-0.4, -0.2) is 62.8 Å². The quantitative estimate of drug-likeness (QED) is 0.264. The third-order valence-corrected chi connectivity index (χ3v) is 4.38. The Balaban J connectivity index is 0.00000484. The van der Waals surface area contributed by atoms with Gasteiger partial charge in [-0.15, -0.1) is 24.0 Å². The Bertz CT molecular complexity index is 314. The lowest BCUT2D eigenvalue weighted by atomic mass is 10.0. The van der Waals surface area contributed by atoms with Crippen LogP contribution in [0, 0.1) is 5.92 Å². The van der Waals surface area contributed by atoms with E-state index in [4.69, 9.17) is 4.74 Å². The fourth-order valence-electron chi connectivity index (χ4n) is 3.02. The average Bonchev–Trinajstić information content (AvgIpc) is 2.49. The second-order valence-electron chi connectivity index (χ2n) is 6.43. The number of hydrogen-bond acceptors (Lipinski definition) is 3. The van der Waals surface area contributed by atoms with Crippen molar-refractivity contribution in [2.75, 3.05) is 39.8 Å². The summed E-state index contributed by atoms with van der Waals surface area (Å²) in [6.45, 7) is 14.0. The summed E-state index contributed by atoms with van der Waals surface area (Å²) in [4.78, 5) is 6.80. The van der Waals surface area contributed by atoms with Crippen molar-refractivity contribution in [3.05, 3.63) is 0 Å². The van der Waals surface area contributed by atoms with Crippen LogP contribution in [-0.2, 0) is 4.74 Å². The van der Waals surface area contributed by atoms with Crippen molar-refractivity contribution in [3.63, 3.8) is 0 Å². The van der Waals surface area contributed by atoms with E-state index in [0.717, 1.165) is 51.0 Å². The molecule has 5 nitrogen and oxygen atoms in total. The smallest absolute Gasteiger partial charge is 0.190 e. The van der Waals surface area contributed by atoms with Crippen LogP contribution >= 0.6 is 24.0 Å². The van der Waals surface area contributed by atoms with Crippen molar-refractivity contribution in [3.8, 4) is 0 Å². The molecule has 1 rings (SSSR count). The zero-order chi connectivity index (χ0) is 16.4. The minimum atomic E-state index is 0. The van der Waals surface area contributed by atoms with Crippen molar-refractivity contribution in [2.45, 2.75) is 59.2 Å². The highest BCUT2D eigenvalue weighted by Gasteiger charge is 2.21. The standard InChI is InChI=1S/C17H36N4O.HI/c1-6-16(7-2)11-20-17(18-5)19-9-8-10-21-12-14(3)22-15(4)13-21;/h14-16H,6-13H2,1-5H3,(H2,18,19,20);1H. The van der Waals surface area contributed by atoms with Crippen LogP contribution < -0.4 is 10.6 Å². The Morgan fingerprint density at radius 2 is 1.78 bits per heavy atom. The van der Waals surface area contributed by atoms with Gasteiger partial charge in [-0.2, -0.15) is 0 Å². The molecule has 0 amide bonds. The molecule has 23 heavy (non-hydrogen) atoms. The number of hydrogen-bond donors (Lipinski definition) is 2. The number of halogens is 1. The molecule has 2 atom stereocenters. The largest absolute Gasteiger partial charge is 0.373 e. The van der Waals surface area contributed by atoms with Crippen LogP contribution in [0.15, 0.2) is 4.99 Å². The molecule has 0 spiro atoms. The number of ether oxygens (including phenoxy) is 1. The van der Waals surface area contributed by atoms with Crippen LogP contribution in [0.4, 0.5) is 0 Å². The number of guanidine groups is 1. The highest BCUT2D eigenvalue weighted by Crippen LogP contribution is 2.10. The first kappa shape index (κ1) is 22.9. The molecule has 0 aromatic rings. The Hall–Kier alpha value is -0.0800. The van der Waals surface area contributed by atoms with E-state index in [1.54, 1.807) is 0 Å². The molecule has 0 bridgehead atoms. The molecule has 6 heteroatoms. The molecule has 1 aliphatic heterocycles. The van der Waals surface area contributed by atoms with Gasteiger partial charge in [0.15, 0.2) is 5.96 Å². The van der Waals surface area contributed by atoms with Crippen LogP contribution in [0.25, 0.3) is 0 Å². The van der Waals surface area contributed by atoms with E-state index >= 15 is 0 Å². The maximum atomic E-state index is 5.77. The average molecular weight is 440 g/mol. The number of rotatable bonds is 8. The van der Waals surface area contributed by atoms with Gasteiger partial charge >= 0.3 is 0 Å². The normalized spacial score (nSPS) is 22.8. The molecule has 0 aromatic carbocycles. The lowest BCUT2D eigenvalue weighted by molar-refractivity contribution is -0.0679. The fraction of sp³-hybridized carbons (Fsp3) is 0.941. The SMILES string of the molecule is CCC(CC)CNC(=NC)NCCCN1CC(C)OC(C)C1.I. The predicted molar refractivity (Wildman–Crippen MR) is 110 cm³/mol. The van der Waals surface area contributed by atoms with Gasteiger partial charge in [0.05, 0.1) is 12.2 Å². The molecule has 0 aliphatic carbocycles. The van der Waals surface area contributed by atoms with E-state index in [1.165, 1.54) is 12.8 Å². The topological polar surface area (TPSA) is 48.9 Å². The highest BCUT2D eigenvalue weighted by atomic mass is 127. The van der Waals surface area contributed by atoms with Crippen molar-refractivity contribution in [1.82, 2.24) is 15.5 Å². The van der Waals surface area contributed by atoms with Gasteiger partial charge in [0.1, 0.15) is 0 Å². The summed E-state index contributed by atoms with van der Waals surface area (Å²) in [6, 6.07) is 0. The first-order chi connectivity index (χ1) is 10.6. The van der Waals surface area contributed by atoms with E-state index in [9.17, 15) is 0 Å². The highest BCUT2D eigenvalue weighted by molar-refractivity contribution is 14.0. The van der Waals surface area contributed by atoms with E-state index in [-0.39, 0.29) is 24.0 Å². The summed E-state index contributed by atoms with van der Waals surface area (Å²) in [6.07, 6.45) is 4.27. The van der Waals surface area contributed by atoms with Crippen molar-refractivity contribution in [1.29, 1.82) is 0 Å². The zero-order valence-corrected chi connectivity index (χ0v) is 17.9. The summed E-state index contributed by atoms with van der Waals surface area (Å²) in [5, 5.41) is 6.85. The third-order valence-electron chi connectivity index (χ3n) is 4.38. The molecule has 1 saturated heterocycles. The van der Waals surface area contributed by atoms with Crippen LogP contribution in [0.5, 0.6) is 0 Å². The van der Waals surface area contributed by atoms with Crippen LogP contribution in [0.2, 0.25) is 0 Å². The van der Waals surface area contributed by atoms with Gasteiger partial charge in [0.25, 0.3) is 0 Å².